The van der Waals surface area contributed by atoms with Crippen molar-refractivity contribution in [2.75, 3.05) is 20.2 Å². The Morgan fingerprint density at radius 3 is 2.89 bits per heavy atom. The van der Waals surface area contributed by atoms with Crippen LogP contribution < -0.4 is 4.74 Å². The molecule has 6 heteroatoms. The van der Waals surface area contributed by atoms with Gasteiger partial charge in [0.15, 0.2) is 0 Å². The second-order valence-electron chi connectivity index (χ2n) is 4.34. The highest BCUT2D eigenvalue weighted by Crippen LogP contribution is 2.23. The monoisotopic (exact) mass is 271 g/mol. The summed E-state index contributed by atoms with van der Waals surface area (Å²) in [6.07, 6.45) is 0.772. The Morgan fingerprint density at radius 1 is 1.44 bits per heavy atom. The molecule has 1 aromatic rings. The maximum absolute atomic E-state index is 12.4. The second kappa shape index (κ2) is 5.26. The molecule has 1 atom stereocenters. The van der Waals surface area contributed by atoms with Gasteiger partial charge < -0.3 is 9.84 Å². The number of hydrogen-bond donors (Lipinski definition) is 1. The van der Waals surface area contributed by atoms with Gasteiger partial charge in [0.1, 0.15) is 5.75 Å². The van der Waals surface area contributed by atoms with Gasteiger partial charge in [-0.1, -0.05) is 6.07 Å². The first-order chi connectivity index (χ1) is 8.54. The molecule has 0 radical (unpaired) electrons. The van der Waals surface area contributed by atoms with Crippen LogP contribution in [0, 0.1) is 0 Å². The van der Waals surface area contributed by atoms with Crippen LogP contribution in [0.3, 0.4) is 0 Å². The summed E-state index contributed by atoms with van der Waals surface area (Å²) in [7, 11) is -2.04. The number of methoxy groups -OCH3 is 1. The van der Waals surface area contributed by atoms with Crippen LogP contribution in [0.25, 0.3) is 0 Å². The molecule has 0 aromatic heterocycles. The van der Waals surface area contributed by atoms with Gasteiger partial charge in [-0.2, -0.15) is 4.31 Å². The van der Waals surface area contributed by atoms with Gasteiger partial charge in [0.2, 0.25) is 10.0 Å². The van der Waals surface area contributed by atoms with Crippen molar-refractivity contribution < 1.29 is 18.3 Å². The lowest BCUT2D eigenvalue weighted by Crippen LogP contribution is -2.42. The minimum Gasteiger partial charge on any atom is -0.497 e. The van der Waals surface area contributed by atoms with E-state index in [1.165, 1.54) is 17.5 Å². The smallest absolute Gasteiger partial charge is 0.243 e. The molecule has 1 fully saturated rings. The number of β-amino-alcohol motifs (C(OH)–C–C–N with tert-alkyl or cyclic N) is 1. The number of piperidine rings is 1. The molecular weight excluding hydrogens is 254 g/mol. The fourth-order valence-corrected chi connectivity index (χ4v) is 3.60. The quantitative estimate of drug-likeness (QED) is 0.884. The highest BCUT2D eigenvalue weighted by atomic mass is 32.2. The van der Waals surface area contributed by atoms with Crippen LogP contribution in [-0.4, -0.2) is 44.1 Å². The zero-order valence-corrected chi connectivity index (χ0v) is 11.1. The fraction of sp³-hybridized carbons (Fsp3) is 0.500. The van der Waals surface area contributed by atoms with E-state index in [0.717, 1.165) is 0 Å². The number of aliphatic hydroxyl groups excluding tert-OH is 1. The van der Waals surface area contributed by atoms with Crippen molar-refractivity contribution in [3.05, 3.63) is 24.3 Å². The molecule has 0 saturated carbocycles. The first-order valence-corrected chi connectivity index (χ1v) is 7.30. The molecule has 0 bridgehead atoms. The van der Waals surface area contributed by atoms with E-state index < -0.39 is 16.1 Å². The summed E-state index contributed by atoms with van der Waals surface area (Å²) in [4.78, 5) is 0.205. The molecule has 100 valence electrons. The second-order valence-corrected chi connectivity index (χ2v) is 6.28. The van der Waals surface area contributed by atoms with Gasteiger partial charge in [-0.25, -0.2) is 8.42 Å². The zero-order chi connectivity index (χ0) is 13.2. The first-order valence-electron chi connectivity index (χ1n) is 5.86. The van der Waals surface area contributed by atoms with E-state index in [9.17, 15) is 13.5 Å². The number of aliphatic hydroxyl groups is 1. The summed E-state index contributed by atoms with van der Waals surface area (Å²) in [5.74, 6) is 0.508. The van der Waals surface area contributed by atoms with Gasteiger partial charge in [-0.3, -0.25) is 0 Å². The van der Waals surface area contributed by atoms with E-state index in [0.29, 0.717) is 25.1 Å². The van der Waals surface area contributed by atoms with Crippen molar-refractivity contribution >= 4 is 10.0 Å². The van der Waals surface area contributed by atoms with E-state index in [-0.39, 0.29) is 11.4 Å². The minimum absolute atomic E-state index is 0.166. The highest BCUT2D eigenvalue weighted by molar-refractivity contribution is 7.89. The molecule has 2 rings (SSSR count). The van der Waals surface area contributed by atoms with E-state index in [1.54, 1.807) is 18.2 Å². The van der Waals surface area contributed by atoms with Gasteiger partial charge in [0, 0.05) is 19.2 Å². The Hall–Kier alpha value is -1.11. The number of rotatable bonds is 3. The average molecular weight is 271 g/mol. The summed E-state index contributed by atoms with van der Waals surface area (Å²) in [5, 5.41) is 9.56. The molecule has 1 aromatic carbocycles. The van der Waals surface area contributed by atoms with Crippen LogP contribution >= 0.6 is 0 Å². The Bertz CT molecular complexity index is 515. The van der Waals surface area contributed by atoms with Crippen molar-refractivity contribution in [3.63, 3.8) is 0 Å². The third kappa shape index (κ3) is 2.66. The molecule has 0 unspecified atom stereocenters. The van der Waals surface area contributed by atoms with Crippen molar-refractivity contribution in [1.82, 2.24) is 4.31 Å². The van der Waals surface area contributed by atoms with E-state index >= 15 is 0 Å². The van der Waals surface area contributed by atoms with Crippen LogP contribution in [0.15, 0.2) is 29.2 Å². The van der Waals surface area contributed by atoms with Crippen molar-refractivity contribution in [1.29, 1.82) is 0 Å². The summed E-state index contributed by atoms with van der Waals surface area (Å²) in [6, 6.07) is 6.38. The summed E-state index contributed by atoms with van der Waals surface area (Å²) >= 11 is 0. The Kier molecular flexibility index (Phi) is 3.89. The van der Waals surface area contributed by atoms with E-state index in [2.05, 4.69) is 0 Å². The van der Waals surface area contributed by atoms with Gasteiger partial charge >= 0.3 is 0 Å². The van der Waals surface area contributed by atoms with Crippen molar-refractivity contribution in [3.8, 4) is 5.75 Å². The first kappa shape index (κ1) is 13.3. The normalized spacial score (nSPS) is 21.8. The van der Waals surface area contributed by atoms with Crippen LogP contribution in [0.1, 0.15) is 12.8 Å². The van der Waals surface area contributed by atoms with Crippen LogP contribution in [-0.2, 0) is 10.0 Å². The molecule has 1 aliphatic rings. The number of sulfonamides is 1. The molecule has 0 aliphatic carbocycles. The number of benzene rings is 1. The third-order valence-electron chi connectivity index (χ3n) is 3.04. The molecule has 5 nitrogen and oxygen atoms in total. The lowest BCUT2D eigenvalue weighted by atomic mass is 10.1. The summed E-state index contributed by atoms with van der Waals surface area (Å²) in [6.45, 7) is 0.621. The Labute approximate surface area is 107 Å². The maximum atomic E-state index is 12.4. The number of ether oxygens (including phenoxy) is 1. The van der Waals surface area contributed by atoms with Crippen molar-refractivity contribution in [2.24, 2.45) is 0 Å². The maximum Gasteiger partial charge on any atom is 0.243 e. The van der Waals surface area contributed by atoms with Gasteiger partial charge in [0.25, 0.3) is 0 Å². The van der Waals surface area contributed by atoms with Crippen molar-refractivity contribution in [2.45, 2.75) is 23.8 Å². The van der Waals surface area contributed by atoms with E-state index in [1.807, 2.05) is 0 Å². The Morgan fingerprint density at radius 2 is 2.22 bits per heavy atom. The molecule has 1 N–H and O–H groups in total. The highest BCUT2D eigenvalue weighted by Gasteiger charge is 2.29. The lowest BCUT2D eigenvalue weighted by Gasteiger charge is -2.29. The van der Waals surface area contributed by atoms with Gasteiger partial charge in [-0.05, 0) is 25.0 Å². The van der Waals surface area contributed by atoms with Crippen LogP contribution in [0.2, 0.25) is 0 Å². The standard InChI is InChI=1S/C12H17NO4S/c1-17-11-5-2-6-12(8-11)18(15,16)13-7-3-4-10(14)9-13/h2,5-6,8,10,14H,3-4,7,9H2,1H3/t10-/m0/s1. The van der Waals surface area contributed by atoms with E-state index in [4.69, 9.17) is 4.74 Å². The summed E-state index contributed by atoms with van der Waals surface area (Å²) < 4.78 is 31.1. The molecule has 1 saturated heterocycles. The molecule has 18 heavy (non-hydrogen) atoms. The predicted octanol–water partition coefficient (Wildman–Crippen LogP) is 0.841. The van der Waals surface area contributed by atoms with Crippen LogP contribution in [0.4, 0.5) is 0 Å². The molecular formula is C12H17NO4S. The largest absolute Gasteiger partial charge is 0.497 e. The van der Waals surface area contributed by atoms with Gasteiger partial charge in [0.05, 0.1) is 18.1 Å². The SMILES string of the molecule is COc1cccc(S(=O)(=O)N2CCC[C@H](O)C2)c1. The number of hydrogen-bond acceptors (Lipinski definition) is 4. The van der Waals surface area contributed by atoms with Gasteiger partial charge in [-0.15, -0.1) is 0 Å². The molecule has 1 heterocycles. The number of nitrogens with zero attached hydrogens (tertiary/aromatic N) is 1. The third-order valence-corrected chi connectivity index (χ3v) is 4.90. The lowest BCUT2D eigenvalue weighted by molar-refractivity contribution is 0.108. The van der Waals surface area contributed by atoms with Crippen LogP contribution in [0.5, 0.6) is 5.75 Å². The summed E-state index contributed by atoms with van der Waals surface area (Å²) in [5.41, 5.74) is 0. The molecule has 0 spiro atoms. The fourth-order valence-electron chi connectivity index (χ4n) is 2.05. The molecule has 0 amide bonds. The average Bonchev–Trinajstić information content (AvgIpc) is 2.39. The predicted molar refractivity (Wildman–Crippen MR) is 67.0 cm³/mol. The Balaban J connectivity index is 2.29. The molecule has 1 aliphatic heterocycles. The topological polar surface area (TPSA) is 66.8 Å². The minimum atomic E-state index is -3.53. The zero-order valence-electron chi connectivity index (χ0n) is 10.2.